The van der Waals surface area contributed by atoms with Gasteiger partial charge in [0.2, 0.25) is 11.8 Å². The largest absolute Gasteiger partial charge is 0.339 e. The fraction of sp³-hybridized carbons (Fsp3) is 0.261. The van der Waals surface area contributed by atoms with Gasteiger partial charge in [-0.25, -0.2) is 4.68 Å². The van der Waals surface area contributed by atoms with Gasteiger partial charge in [-0.15, -0.1) is 5.10 Å². The Kier molecular flexibility index (Phi) is 6.16. The molecule has 0 unspecified atom stereocenters. The summed E-state index contributed by atoms with van der Waals surface area (Å²) in [4.78, 5) is 27.0. The zero-order valence-corrected chi connectivity index (χ0v) is 17.3. The molecule has 4 rings (SSSR count). The van der Waals surface area contributed by atoms with E-state index in [9.17, 15) is 9.59 Å². The molecule has 2 heterocycles. The molecule has 0 bridgehead atoms. The van der Waals surface area contributed by atoms with E-state index >= 15 is 0 Å². The number of aryl methyl sites for hydroxylation is 1. The second-order valence-electron chi connectivity index (χ2n) is 7.59. The SMILES string of the molecule is Cc1ccc(NC(=O)C2CCN(C(=O)/C=C/c3ccccc3)CC2)cc1-n1cnnn1. The van der Waals surface area contributed by atoms with Gasteiger partial charge < -0.3 is 10.2 Å². The molecule has 158 valence electrons. The monoisotopic (exact) mass is 416 g/mol. The first-order chi connectivity index (χ1) is 15.1. The smallest absolute Gasteiger partial charge is 0.246 e. The number of nitrogens with one attached hydrogen (secondary N) is 1. The van der Waals surface area contributed by atoms with Crippen LogP contribution in [0.25, 0.3) is 11.8 Å². The van der Waals surface area contributed by atoms with Crippen molar-refractivity contribution >= 4 is 23.6 Å². The first-order valence-electron chi connectivity index (χ1n) is 10.3. The van der Waals surface area contributed by atoms with Crippen LogP contribution in [-0.2, 0) is 9.59 Å². The average Bonchev–Trinajstić information content (AvgIpc) is 3.34. The maximum atomic E-state index is 12.8. The van der Waals surface area contributed by atoms with E-state index in [1.165, 1.54) is 6.33 Å². The fourth-order valence-electron chi connectivity index (χ4n) is 3.65. The lowest BCUT2D eigenvalue weighted by molar-refractivity contribution is -0.130. The van der Waals surface area contributed by atoms with Crippen molar-refractivity contribution in [3.05, 3.63) is 72.1 Å². The van der Waals surface area contributed by atoms with Gasteiger partial charge in [0.15, 0.2) is 0 Å². The zero-order valence-electron chi connectivity index (χ0n) is 17.3. The Labute approximate surface area is 180 Å². The van der Waals surface area contributed by atoms with E-state index in [2.05, 4.69) is 20.8 Å². The van der Waals surface area contributed by atoms with E-state index in [1.54, 1.807) is 15.7 Å². The summed E-state index contributed by atoms with van der Waals surface area (Å²) in [5, 5.41) is 14.2. The number of anilines is 1. The Bertz CT molecular complexity index is 1070. The Morgan fingerprint density at radius 3 is 2.58 bits per heavy atom. The van der Waals surface area contributed by atoms with Crippen LogP contribution in [0.2, 0.25) is 0 Å². The summed E-state index contributed by atoms with van der Waals surface area (Å²) in [6.45, 7) is 3.10. The Balaban J connectivity index is 1.32. The Hall–Kier alpha value is -3.81. The molecule has 0 radical (unpaired) electrons. The number of amides is 2. The minimum atomic E-state index is -0.125. The maximum Gasteiger partial charge on any atom is 0.246 e. The van der Waals surface area contributed by atoms with Gasteiger partial charge in [0.25, 0.3) is 0 Å². The Morgan fingerprint density at radius 2 is 1.87 bits per heavy atom. The van der Waals surface area contributed by atoms with Crippen molar-refractivity contribution in [2.75, 3.05) is 18.4 Å². The van der Waals surface area contributed by atoms with Crippen molar-refractivity contribution in [2.24, 2.45) is 5.92 Å². The molecule has 0 atom stereocenters. The molecule has 31 heavy (non-hydrogen) atoms. The lowest BCUT2D eigenvalue weighted by Gasteiger charge is -2.30. The number of carbonyl (C=O) groups is 2. The number of likely N-dealkylation sites (tertiary alicyclic amines) is 1. The van der Waals surface area contributed by atoms with Crippen molar-refractivity contribution in [3.63, 3.8) is 0 Å². The molecule has 1 aromatic heterocycles. The molecule has 1 fully saturated rings. The number of benzene rings is 2. The molecule has 1 aliphatic rings. The van der Waals surface area contributed by atoms with Crippen LogP contribution < -0.4 is 5.32 Å². The predicted molar refractivity (Wildman–Crippen MR) is 117 cm³/mol. The van der Waals surface area contributed by atoms with Crippen LogP contribution in [-0.4, -0.2) is 50.0 Å². The third kappa shape index (κ3) is 5.03. The molecule has 1 saturated heterocycles. The molecule has 0 aliphatic carbocycles. The van der Waals surface area contributed by atoms with Gasteiger partial charge in [-0.1, -0.05) is 36.4 Å². The second-order valence-corrected chi connectivity index (χ2v) is 7.59. The van der Waals surface area contributed by atoms with Crippen molar-refractivity contribution in [1.82, 2.24) is 25.1 Å². The zero-order chi connectivity index (χ0) is 21.6. The number of hydrogen-bond acceptors (Lipinski definition) is 5. The highest BCUT2D eigenvalue weighted by molar-refractivity contribution is 5.94. The van der Waals surface area contributed by atoms with Crippen LogP contribution in [0.5, 0.6) is 0 Å². The van der Waals surface area contributed by atoms with Gasteiger partial charge >= 0.3 is 0 Å². The van der Waals surface area contributed by atoms with Crippen molar-refractivity contribution in [3.8, 4) is 5.69 Å². The summed E-state index contributed by atoms with van der Waals surface area (Å²) in [6.07, 6.45) is 6.22. The first-order valence-corrected chi connectivity index (χ1v) is 10.3. The van der Waals surface area contributed by atoms with Crippen molar-refractivity contribution < 1.29 is 9.59 Å². The third-order valence-electron chi connectivity index (χ3n) is 5.47. The summed E-state index contributed by atoms with van der Waals surface area (Å²) < 4.78 is 1.57. The van der Waals surface area contributed by atoms with Crippen LogP contribution in [0, 0.1) is 12.8 Å². The van der Waals surface area contributed by atoms with Crippen LogP contribution >= 0.6 is 0 Å². The molecule has 0 spiro atoms. The third-order valence-corrected chi connectivity index (χ3v) is 5.47. The summed E-state index contributed by atoms with van der Waals surface area (Å²) in [5.74, 6) is -0.175. The van der Waals surface area contributed by atoms with E-state index < -0.39 is 0 Å². The quantitative estimate of drug-likeness (QED) is 0.646. The fourth-order valence-corrected chi connectivity index (χ4v) is 3.65. The van der Waals surface area contributed by atoms with E-state index in [4.69, 9.17) is 0 Å². The molecule has 1 aliphatic heterocycles. The summed E-state index contributed by atoms with van der Waals surface area (Å²) in [5.41, 5.74) is 3.50. The maximum absolute atomic E-state index is 12.8. The van der Waals surface area contributed by atoms with E-state index in [-0.39, 0.29) is 17.7 Å². The summed E-state index contributed by atoms with van der Waals surface area (Å²) >= 11 is 0. The van der Waals surface area contributed by atoms with Crippen LogP contribution in [0.15, 0.2) is 60.9 Å². The normalized spacial score (nSPS) is 14.7. The van der Waals surface area contributed by atoms with E-state index in [0.29, 0.717) is 31.6 Å². The predicted octanol–water partition coefficient (Wildman–Crippen LogP) is 2.86. The average molecular weight is 416 g/mol. The number of aromatic nitrogens is 4. The van der Waals surface area contributed by atoms with Crippen LogP contribution in [0.3, 0.4) is 0 Å². The molecule has 1 N–H and O–H groups in total. The number of tetrazole rings is 1. The highest BCUT2D eigenvalue weighted by Gasteiger charge is 2.26. The topological polar surface area (TPSA) is 93.0 Å². The number of hydrogen-bond donors (Lipinski definition) is 1. The molecule has 3 aromatic rings. The van der Waals surface area contributed by atoms with Gasteiger partial charge in [0, 0.05) is 30.8 Å². The van der Waals surface area contributed by atoms with Gasteiger partial charge in [-0.2, -0.15) is 0 Å². The molecule has 2 aromatic carbocycles. The van der Waals surface area contributed by atoms with Crippen LogP contribution in [0.4, 0.5) is 5.69 Å². The summed E-state index contributed by atoms with van der Waals surface area (Å²) in [6, 6.07) is 15.4. The number of rotatable bonds is 5. The van der Waals surface area contributed by atoms with Gasteiger partial charge in [-0.05, 0) is 59.5 Å². The molecule has 2 amide bonds. The van der Waals surface area contributed by atoms with Gasteiger partial charge in [0.1, 0.15) is 6.33 Å². The molecule has 8 heteroatoms. The first kappa shape index (κ1) is 20.5. The lowest BCUT2D eigenvalue weighted by atomic mass is 9.95. The lowest BCUT2D eigenvalue weighted by Crippen LogP contribution is -2.40. The molecular formula is C23H24N6O2. The van der Waals surface area contributed by atoms with Crippen LogP contribution in [0.1, 0.15) is 24.0 Å². The molecule has 8 nitrogen and oxygen atoms in total. The number of piperidine rings is 1. The number of carbonyl (C=O) groups excluding carboxylic acids is 2. The highest BCUT2D eigenvalue weighted by atomic mass is 16.2. The Morgan fingerprint density at radius 1 is 1.10 bits per heavy atom. The van der Waals surface area contributed by atoms with Crippen molar-refractivity contribution in [1.29, 1.82) is 0 Å². The van der Waals surface area contributed by atoms with Gasteiger partial charge in [-0.3, -0.25) is 9.59 Å². The molecule has 0 saturated carbocycles. The standard InChI is InChI=1S/C23H24N6O2/c1-17-7-9-20(15-21(17)29-16-24-26-27-29)25-23(31)19-11-13-28(14-12-19)22(30)10-8-18-5-3-2-4-6-18/h2-10,15-16,19H,11-14H2,1H3,(H,25,31)/b10-8+. The minimum Gasteiger partial charge on any atom is -0.339 e. The number of nitrogens with zero attached hydrogens (tertiary/aromatic N) is 5. The van der Waals surface area contributed by atoms with E-state index in [1.807, 2.05) is 61.5 Å². The van der Waals surface area contributed by atoms with E-state index in [0.717, 1.165) is 16.8 Å². The summed E-state index contributed by atoms with van der Waals surface area (Å²) in [7, 11) is 0. The van der Waals surface area contributed by atoms with Gasteiger partial charge in [0.05, 0.1) is 5.69 Å². The van der Waals surface area contributed by atoms with Crippen molar-refractivity contribution in [2.45, 2.75) is 19.8 Å². The minimum absolute atomic E-state index is 0.0210. The highest BCUT2D eigenvalue weighted by Crippen LogP contribution is 2.22. The molecular weight excluding hydrogens is 392 g/mol. The second kappa shape index (κ2) is 9.34.